The van der Waals surface area contributed by atoms with Gasteiger partial charge in [-0.15, -0.1) is 0 Å². The molecule has 2 saturated heterocycles. The van der Waals surface area contributed by atoms with Crippen LogP contribution in [0, 0.1) is 0 Å². The zero-order chi connectivity index (χ0) is 32.1. The average molecular weight is 625 g/mol. The number of rotatable bonds is 10. The van der Waals surface area contributed by atoms with Crippen molar-refractivity contribution in [2.75, 3.05) is 13.2 Å². The molecule has 15 nitrogen and oxygen atoms in total. The van der Waals surface area contributed by atoms with E-state index in [-0.39, 0.29) is 30.3 Å². The summed E-state index contributed by atoms with van der Waals surface area (Å²) >= 11 is 0. The highest BCUT2D eigenvalue weighted by atomic mass is 16.7. The van der Waals surface area contributed by atoms with Gasteiger partial charge in [0.1, 0.15) is 36.6 Å². The van der Waals surface area contributed by atoms with Gasteiger partial charge in [0.2, 0.25) is 0 Å². The summed E-state index contributed by atoms with van der Waals surface area (Å²) in [7, 11) is 0. The summed E-state index contributed by atoms with van der Waals surface area (Å²) in [5, 5.41) is 90.5. The van der Waals surface area contributed by atoms with Gasteiger partial charge in [-0.05, 0) is 54.8 Å². The fourth-order valence-corrected chi connectivity index (χ4v) is 4.66. The first kappa shape index (κ1) is 33.4. The molecule has 10 atom stereocenters. The molecular formula is C29H36O15. The Labute approximate surface area is 251 Å². The number of hydrogen-bond donors (Lipinski definition) is 9. The van der Waals surface area contributed by atoms with Crippen LogP contribution in [0.25, 0.3) is 6.08 Å². The predicted molar refractivity (Wildman–Crippen MR) is 147 cm³/mol. The molecule has 0 aromatic heterocycles. The van der Waals surface area contributed by atoms with E-state index in [1.165, 1.54) is 43.3 Å². The fraction of sp³-hybridized carbons (Fsp3) is 0.483. The Kier molecular flexibility index (Phi) is 11.0. The lowest BCUT2D eigenvalue weighted by Crippen LogP contribution is -2.62. The quantitative estimate of drug-likeness (QED) is 0.0873. The van der Waals surface area contributed by atoms with E-state index in [1.54, 1.807) is 6.07 Å². The molecule has 2 aliphatic heterocycles. The zero-order valence-electron chi connectivity index (χ0n) is 23.5. The van der Waals surface area contributed by atoms with Crippen molar-refractivity contribution in [1.82, 2.24) is 0 Å². The summed E-state index contributed by atoms with van der Waals surface area (Å²) in [5.41, 5.74) is 0.919. The van der Waals surface area contributed by atoms with Crippen molar-refractivity contribution >= 4 is 12.0 Å². The summed E-state index contributed by atoms with van der Waals surface area (Å²) in [6.45, 7) is 0.888. The van der Waals surface area contributed by atoms with E-state index in [1.807, 2.05) is 0 Å². The first-order chi connectivity index (χ1) is 20.8. The molecule has 15 heteroatoms. The Morgan fingerprint density at radius 1 is 0.773 bits per heavy atom. The number of aromatic hydroxyl groups is 4. The van der Waals surface area contributed by atoms with Gasteiger partial charge in [-0.3, -0.25) is 0 Å². The van der Waals surface area contributed by atoms with Crippen LogP contribution in [-0.4, -0.2) is 127 Å². The second-order valence-electron chi connectivity index (χ2n) is 10.5. The van der Waals surface area contributed by atoms with E-state index in [0.717, 1.165) is 6.08 Å². The number of carbonyl (C=O) groups is 1. The lowest BCUT2D eigenvalue weighted by atomic mass is 9.98. The van der Waals surface area contributed by atoms with Gasteiger partial charge in [-0.2, -0.15) is 0 Å². The molecule has 4 rings (SSSR count). The van der Waals surface area contributed by atoms with Gasteiger partial charge in [0.05, 0.1) is 19.3 Å². The molecule has 0 bridgehead atoms. The van der Waals surface area contributed by atoms with E-state index in [0.29, 0.717) is 11.1 Å². The molecule has 2 aromatic carbocycles. The van der Waals surface area contributed by atoms with E-state index in [9.17, 15) is 50.8 Å². The molecule has 0 radical (unpaired) electrons. The zero-order valence-corrected chi connectivity index (χ0v) is 23.5. The van der Waals surface area contributed by atoms with Gasteiger partial charge in [0, 0.05) is 6.08 Å². The highest BCUT2D eigenvalue weighted by molar-refractivity contribution is 5.87. The number of phenols is 4. The van der Waals surface area contributed by atoms with Gasteiger partial charge in [-0.1, -0.05) is 12.1 Å². The SMILES string of the molecule is C[C@@H]1O[C@H](OC[C@H]2O[C@@H](OCCc3ccc(O)c(O)c3)[C@H](O)[C@@H](OC(=O)/C=C/c3ccc(O)c(O)c3)[C@@H]2O)[C@H](O)[C@H](O)[C@H]1O. The molecular weight excluding hydrogens is 588 g/mol. The minimum Gasteiger partial charge on any atom is -0.504 e. The third-order valence-electron chi connectivity index (χ3n) is 7.25. The Balaban J connectivity index is 1.45. The summed E-state index contributed by atoms with van der Waals surface area (Å²) in [6.07, 6.45) is -12.2. The molecule has 2 aromatic rings. The number of benzene rings is 2. The maximum Gasteiger partial charge on any atom is 0.331 e. The van der Waals surface area contributed by atoms with Crippen LogP contribution in [0.1, 0.15) is 18.1 Å². The van der Waals surface area contributed by atoms with Crippen molar-refractivity contribution in [3.63, 3.8) is 0 Å². The molecule has 242 valence electrons. The molecule has 0 amide bonds. The summed E-state index contributed by atoms with van der Waals surface area (Å²) < 4.78 is 27.7. The Morgan fingerprint density at radius 2 is 1.43 bits per heavy atom. The second-order valence-corrected chi connectivity index (χ2v) is 10.5. The van der Waals surface area contributed by atoms with Gasteiger partial charge in [-0.25, -0.2) is 4.79 Å². The second kappa shape index (κ2) is 14.5. The molecule has 0 saturated carbocycles. The highest BCUT2D eigenvalue weighted by Crippen LogP contribution is 2.29. The highest BCUT2D eigenvalue weighted by Gasteiger charge is 2.49. The standard InChI is InChI=1S/C29H36O15/c1-13-22(35)24(37)25(38)28(42-13)41-12-20-23(36)27(44-21(34)7-4-14-2-5-16(30)18(32)10-14)26(39)29(43-20)40-9-8-15-3-6-17(31)19(33)11-15/h2-7,10-11,13,20,22-33,35-39H,8-9,12H2,1H3/b7-4+/t13-,20+,22-,23+,24+,25+,26+,27-,28-,29+/m0/s1. The summed E-state index contributed by atoms with van der Waals surface area (Å²) in [4.78, 5) is 12.6. The van der Waals surface area contributed by atoms with Gasteiger partial charge in [0.25, 0.3) is 0 Å². The molecule has 2 fully saturated rings. The number of esters is 1. The molecule has 0 aliphatic carbocycles. The van der Waals surface area contributed by atoms with Crippen molar-refractivity contribution < 1.29 is 74.4 Å². The number of hydrogen-bond acceptors (Lipinski definition) is 15. The maximum absolute atomic E-state index is 12.6. The number of phenolic OH excluding ortho intramolecular Hbond substituents is 4. The molecule has 2 heterocycles. The third kappa shape index (κ3) is 7.95. The minimum atomic E-state index is -1.70. The minimum absolute atomic E-state index is 0.0768. The first-order valence-corrected chi connectivity index (χ1v) is 13.7. The average Bonchev–Trinajstić information content (AvgIpc) is 2.99. The first-order valence-electron chi connectivity index (χ1n) is 13.7. The Hall–Kier alpha value is -3.51. The van der Waals surface area contributed by atoms with Crippen LogP contribution in [0.2, 0.25) is 0 Å². The lowest BCUT2D eigenvalue weighted by molar-refractivity contribution is -0.328. The number of ether oxygens (including phenoxy) is 5. The van der Waals surface area contributed by atoms with E-state index < -0.39 is 79.7 Å². The van der Waals surface area contributed by atoms with Crippen LogP contribution in [0.5, 0.6) is 23.0 Å². The molecule has 0 spiro atoms. The normalized spacial score (nSPS) is 32.5. The topological polar surface area (TPSA) is 245 Å². The van der Waals surface area contributed by atoms with Gasteiger partial charge < -0.3 is 69.6 Å². The third-order valence-corrected chi connectivity index (χ3v) is 7.25. The van der Waals surface area contributed by atoms with Crippen molar-refractivity contribution in [3.05, 3.63) is 53.6 Å². The van der Waals surface area contributed by atoms with Crippen LogP contribution in [0.3, 0.4) is 0 Å². The largest absolute Gasteiger partial charge is 0.504 e. The number of aliphatic hydroxyl groups is 5. The Bertz CT molecular complexity index is 1300. The maximum atomic E-state index is 12.6. The van der Waals surface area contributed by atoms with E-state index in [4.69, 9.17) is 23.7 Å². The van der Waals surface area contributed by atoms with Crippen LogP contribution in [-0.2, 0) is 34.9 Å². The molecule has 0 unspecified atom stereocenters. The Morgan fingerprint density at radius 3 is 2.11 bits per heavy atom. The van der Waals surface area contributed by atoms with Crippen molar-refractivity contribution in [1.29, 1.82) is 0 Å². The summed E-state index contributed by atoms with van der Waals surface area (Å²) in [6, 6.07) is 7.99. The summed E-state index contributed by atoms with van der Waals surface area (Å²) in [5.74, 6) is -2.39. The van der Waals surface area contributed by atoms with Crippen molar-refractivity contribution in [2.24, 2.45) is 0 Å². The van der Waals surface area contributed by atoms with Gasteiger partial charge >= 0.3 is 5.97 Å². The molecule has 2 aliphatic rings. The fourth-order valence-electron chi connectivity index (χ4n) is 4.66. The van der Waals surface area contributed by atoms with Gasteiger partial charge in [0.15, 0.2) is 41.7 Å². The predicted octanol–water partition coefficient (Wildman–Crippen LogP) is -1.02. The van der Waals surface area contributed by atoms with E-state index in [2.05, 4.69) is 0 Å². The lowest BCUT2D eigenvalue weighted by Gasteiger charge is -2.43. The van der Waals surface area contributed by atoms with Crippen LogP contribution in [0.15, 0.2) is 42.5 Å². The van der Waals surface area contributed by atoms with Crippen LogP contribution < -0.4 is 0 Å². The van der Waals surface area contributed by atoms with Crippen molar-refractivity contribution in [2.45, 2.75) is 74.8 Å². The molecule has 9 N–H and O–H groups in total. The van der Waals surface area contributed by atoms with Crippen LogP contribution in [0.4, 0.5) is 0 Å². The smallest absolute Gasteiger partial charge is 0.331 e. The monoisotopic (exact) mass is 624 g/mol. The van der Waals surface area contributed by atoms with E-state index >= 15 is 0 Å². The van der Waals surface area contributed by atoms with Crippen molar-refractivity contribution in [3.8, 4) is 23.0 Å². The number of aliphatic hydroxyl groups excluding tert-OH is 5. The van der Waals surface area contributed by atoms with Crippen LogP contribution >= 0.6 is 0 Å². The molecule has 44 heavy (non-hydrogen) atoms. The number of carbonyl (C=O) groups excluding carboxylic acids is 1.